The lowest BCUT2D eigenvalue weighted by Crippen LogP contribution is -2.25. The summed E-state index contributed by atoms with van der Waals surface area (Å²) in [4.78, 5) is 12.1. The van der Waals surface area contributed by atoms with E-state index in [1.54, 1.807) is 0 Å². The van der Waals surface area contributed by atoms with Crippen LogP contribution in [0.5, 0.6) is 0 Å². The summed E-state index contributed by atoms with van der Waals surface area (Å²) in [5.74, 6) is -0.179. The Morgan fingerprint density at radius 1 is 1.10 bits per heavy atom. The third-order valence-electron chi connectivity index (χ3n) is 3.05. The maximum Gasteiger partial charge on any atom is 0.187 e. The molecule has 0 aromatic heterocycles. The second kappa shape index (κ2) is 6.30. The van der Waals surface area contributed by atoms with Crippen molar-refractivity contribution in [1.82, 2.24) is 0 Å². The Labute approximate surface area is 148 Å². The van der Waals surface area contributed by atoms with Crippen LogP contribution in [0.2, 0.25) is 0 Å². The number of nitrogens with zero attached hydrogens (tertiary/aromatic N) is 2. The van der Waals surface area contributed by atoms with Crippen LogP contribution < -0.4 is 0 Å². The Kier molecular flexibility index (Phi) is 5.05. The lowest BCUT2D eigenvalue weighted by molar-refractivity contribution is -0.118. The molecule has 0 aliphatic heterocycles. The van der Waals surface area contributed by atoms with Gasteiger partial charge >= 0.3 is 0 Å². The fraction of sp³-hybridized carbons (Fsp3) is 0.357. The molecule has 0 bridgehead atoms. The molecule has 1 aliphatic rings. The molecule has 7 heteroatoms. The quantitative estimate of drug-likeness (QED) is 0.511. The molecule has 1 aromatic carbocycles. The van der Waals surface area contributed by atoms with Crippen molar-refractivity contribution in [2.24, 2.45) is 15.6 Å². The van der Waals surface area contributed by atoms with E-state index in [1.807, 2.05) is 26.0 Å². The number of aliphatic hydroxyl groups is 1. The lowest BCUT2D eigenvalue weighted by atomic mass is 9.78. The standard InChI is InChI=1S/C14H13Br3N2O2/c1-14(2)5-10(20)13(11(21)6-14)19-18-12-8(16)3-7(15)4-9(12)17/h3-4,20H,5-6H2,1-2H3. The second-order valence-corrected chi connectivity index (χ2v) is 8.28. The molecule has 0 fully saturated rings. The number of carbonyl (C=O) groups is 1. The smallest absolute Gasteiger partial charge is 0.187 e. The van der Waals surface area contributed by atoms with Crippen molar-refractivity contribution >= 4 is 59.3 Å². The molecule has 2 rings (SSSR count). The summed E-state index contributed by atoms with van der Waals surface area (Å²) in [5.41, 5.74) is 0.381. The molecule has 0 radical (unpaired) electrons. The van der Waals surface area contributed by atoms with Gasteiger partial charge in [0.05, 0.1) is 0 Å². The van der Waals surface area contributed by atoms with Crippen molar-refractivity contribution in [1.29, 1.82) is 0 Å². The van der Waals surface area contributed by atoms with Crippen molar-refractivity contribution in [2.45, 2.75) is 26.7 Å². The molecule has 0 unspecified atom stereocenters. The molecule has 0 saturated heterocycles. The van der Waals surface area contributed by atoms with Gasteiger partial charge in [-0.2, -0.15) is 0 Å². The minimum Gasteiger partial charge on any atom is -0.510 e. The first-order valence-electron chi connectivity index (χ1n) is 6.21. The van der Waals surface area contributed by atoms with Crippen LogP contribution in [0.3, 0.4) is 0 Å². The first-order chi connectivity index (χ1) is 9.69. The summed E-state index contributed by atoms with van der Waals surface area (Å²) in [6, 6.07) is 3.66. The molecule has 0 heterocycles. The average Bonchev–Trinajstić information content (AvgIpc) is 2.29. The molecule has 1 aromatic rings. The highest BCUT2D eigenvalue weighted by atomic mass is 79.9. The van der Waals surface area contributed by atoms with Gasteiger partial charge in [0.25, 0.3) is 0 Å². The highest BCUT2D eigenvalue weighted by molar-refractivity contribution is 9.11. The number of Topliss-reactive ketones (excluding diaryl/α,β-unsaturated/α-hetero) is 1. The molecule has 0 saturated carbocycles. The van der Waals surface area contributed by atoms with E-state index in [4.69, 9.17) is 0 Å². The number of allylic oxidation sites excluding steroid dienone is 2. The number of aliphatic hydroxyl groups excluding tert-OH is 1. The molecule has 1 N–H and O–H groups in total. The van der Waals surface area contributed by atoms with E-state index in [-0.39, 0.29) is 22.7 Å². The maximum absolute atomic E-state index is 12.1. The van der Waals surface area contributed by atoms with E-state index in [0.717, 1.165) is 13.4 Å². The average molecular weight is 481 g/mol. The van der Waals surface area contributed by atoms with Gasteiger partial charge in [-0.25, -0.2) is 0 Å². The molecule has 0 amide bonds. The zero-order valence-corrected chi connectivity index (χ0v) is 16.2. The SMILES string of the molecule is CC1(C)CC(=O)C(N=Nc2c(Br)cc(Br)cc2Br)=C(O)C1. The van der Waals surface area contributed by atoms with Crippen LogP contribution >= 0.6 is 47.8 Å². The molecular formula is C14H13Br3N2O2. The number of halogens is 3. The van der Waals surface area contributed by atoms with Gasteiger partial charge in [0, 0.05) is 26.3 Å². The van der Waals surface area contributed by atoms with Crippen LogP contribution in [0.4, 0.5) is 5.69 Å². The summed E-state index contributed by atoms with van der Waals surface area (Å²) in [6.45, 7) is 3.88. The fourth-order valence-electron chi connectivity index (χ4n) is 2.12. The highest BCUT2D eigenvalue weighted by Gasteiger charge is 2.33. The van der Waals surface area contributed by atoms with Crippen LogP contribution in [-0.4, -0.2) is 10.9 Å². The molecule has 0 atom stereocenters. The molecular weight excluding hydrogens is 468 g/mol. The number of rotatable bonds is 2. The van der Waals surface area contributed by atoms with E-state index in [1.165, 1.54) is 0 Å². The van der Waals surface area contributed by atoms with Crippen molar-refractivity contribution in [2.75, 3.05) is 0 Å². The van der Waals surface area contributed by atoms with E-state index < -0.39 is 0 Å². The van der Waals surface area contributed by atoms with Gasteiger partial charge in [-0.15, -0.1) is 10.2 Å². The number of carbonyl (C=O) groups excluding carboxylic acids is 1. The molecule has 0 spiro atoms. The predicted octanol–water partition coefficient (Wildman–Crippen LogP) is 6.22. The number of hydrogen-bond acceptors (Lipinski definition) is 4. The summed E-state index contributed by atoms with van der Waals surface area (Å²) in [6.07, 6.45) is 0.782. The lowest BCUT2D eigenvalue weighted by Gasteiger charge is -2.27. The molecule has 21 heavy (non-hydrogen) atoms. The number of benzene rings is 1. The van der Waals surface area contributed by atoms with Gasteiger partial charge in [0.1, 0.15) is 11.4 Å². The zero-order valence-electron chi connectivity index (χ0n) is 11.5. The van der Waals surface area contributed by atoms with E-state index in [2.05, 4.69) is 58.0 Å². The van der Waals surface area contributed by atoms with Crippen LogP contribution in [0.25, 0.3) is 0 Å². The van der Waals surface area contributed by atoms with Gasteiger partial charge < -0.3 is 5.11 Å². The van der Waals surface area contributed by atoms with Crippen molar-refractivity contribution in [3.63, 3.8) is 0 Å². The minimum absolute atomic E-state index is 0.00403. The molecule has 112 valence electrons. The fourth-order valence-corrected chi connectivity index (χ4v) is 4.54. The normalized spacial score (nSPS) is 18.6. The molecule has 4 nitrogen and oxygen atoms in total. The van der Waals surface area contributed by atoms with Crippen molar-refractivity contribution in [3.05, 3.63) is 37.0 Å². The van der Waals surface area contributed by atoms with Crippen molar-refractivity contribution in [3.8, 4) is 0 Å². The van der Waals surface area contributed by atoms with E-state index in [9.17, 15) is 9.90 Å². The van der Waals surface area contributed by atoms with Gasteiger partial charge in [0.15, 0.2) is 11.5 Å². The summed E-state index contributed by atoms with van der Waals surface area (Å²) >= 11 is 10.2. The van der Waals surface area contributed by atoms with E-state index >= 15 is 0 Å². The van der Waals surface area contributed by atoms with Gasteiger partial charge in [0.2, 0.25) is 0 Å². The van der Waals surface area contributed by atoms with Crippen LogP contribution in [-0.2, 0) is 4.79 Å². The highest BCUT2D eigenvalue weighted by Crippen LogP contribution is 2.39. The van der Waals surface area contributed by atoms with Gasteiger partial charge in [-0.3, -0.25) is 4.79 Å². The van der Waals surface area contributed by atoms with Crippen LogP contribution in [0, 0.1) is 5.41 Å². The predicted molar refractivity (Wildman–Crippen MR) is 91.7 cm³/mol. The first kappa shape index (κ1) is 16.8. The Morgan fingerprint density at radius 3 is 2.19 bits per heavy atom. The van der Waals surface area contributed by atoms with Gasteiger partial charge in [-0.05, 0) is 49.4 Å². The topological polar surface area (TPSA) is 62.0 Å². The largest absolute Gasteiger partial charge is 0.510 e. The Bertz CT molecular complexity index is 643. The zero-order chi connectivity index (χ0) is 15.8. The number of ketones is 1. The third-order valence-corrected chi connectivity index (χ3v) is 4.72. The minimum atomic E-state index is -0.237. The van der Waals surface area contributed by atoms with Crippen molar-refractivity contribution < 1.29 is 9.90 Å². The number of azo groups is 1. The van der Waals surface area contributed by atoms with Gasteiger partial charge in [-0.1, -0.05) is 29.8 Å². The Hall–Kier alpha value is -0.530. The summed E-state index contributed by atoms with van der Waals surface area (Å²) < 4.78 is 2.35. The second-order valence-electron chi connectivity index (χ2n) is 5.65. The van der Waals surface area contributed by atoms with Crippen LogP contribution in [0.1, 0.15) is 26.7 Å². The number of hydrogen-bond donors (Lipinski definition) is 1. The molecule has 1 aliphatic carbocycles. The maximum atomic E-state index is 12.1. The third kappa shape index (κ3) is 4.02. The first-order valence-corrected chi connectivity index (χ1v) is 8.59. The Balaban J connectivity index is 2.36. The Morgan fingerprint density at radius 2 is 1.67 bits per heavy atom. The van der Waals surface area contributed by atoms with E-state index in [0.29, 0.717) is 18.5 Å². The van der Waals surface area contributed by atoms with Crippen LogP contribution in [0.15, 0.2) is 47.2 Å². The summed E-state index contributed by atoms with van der Waals surface area (Å²) in [7, 11) is 0. The summed E-state index contributed by atoms with van der Waals surface area (Å²) in [5, 5.41) is 18.1. The monoisotopic (exact) mass is 478 g/mol.